The number of hydrogen-bond acceptors (Lipinski definition) is 6. The molecule has 0 saturated heterocycles. The molecule has 8 nitrogen and oxygen atoms in total. The van der Waals surface area contributed by atoms with Crippen molar-refractivity contribution in [1.82, 2.24) is 0 Å². The van der Waals surface area contributed by atoms with Gasteiger partial charge < -0.3 is 9.84 Å². The van der Waals surface area contributed by atoms with Gasteiger partial charge in [-0.2, -0.15) is 0 Å². The summed E-state index contributed by atoms with van der Waals surface area (Å²) in [5.41, 5.74) is 2.50. The van der Waals surface area contributed by atoms with Crippen LogP contribution in [0.1, 0.15) is 0 Å². The lowest BCUT2D eigenvalue weighted by molar-refractivity contribution is -0.385. The van der Waals surface area contributed by atoms with E-state index in [1.54, 1.807) is 0 Å². The highest BCUT2D eigenvalue weighted by Gasteiger charge is 2.14. The summed E-state index contributed by atoms with van der Waals surface area (Å²) in [7, 11) is 1.30. The molecule has 0 atom stereocenters. The molecule has 0 radical (unpaired) electrons. The molecule has 0 aliphatic carbocycles. The summed E-state index contributed by atoms with van der Waals surface area (Å²) in [6.07, 6.45) is 0. The molecule has 1 aromatic rings. The van der Waals surface area contributed by atoms with Crippen LogP contribution in [0.5, 0.6) is 5.75 Å². The Bertz CT molecular complexity index is 433. The third kappa shape index (κ3) is 3.61. The number of hydrogen-bond donors (Lipinski definition) is 2. The fourth-order valence-electron chi connectivity index (χ4n) is 1.07. The van der Waals surface area contributed by atoms with Gasteiger partial charge in [0.05, 0.1) is 17.7 Å². The predicted molar refractivity (Wildman–Crippen MR) is 56.9 cm³/mol. The van der Waals surface area contributed by atoms with Gasteiger partial charge in [0.1, 0.15) is 0 Å². The van der Waals surface area contributed by atoms with E-state index in [2.05, 4.69) is 10.3 Å². The van der Waals surface area contributed by atoms with Crippen molar-refractivity contribution in [1.29, 1.82) is 0 Å². The van der Waals surface area contributed by atoms with Gasteiger partial charge in [-0.25, -0.2) is 4.79 Å². The van der Waals surface area contributed by atoms with E-state index in [1.807, 2.05) is 0 Å². The molecule has 1 aromatic carbocycles. The molecule has 8 heteroatoms. The summed E-state index contributed by atoms with van der Waals surface area (Å²) in [4.78, 5) is 24.8. The summed E-state index contributed by atoms with van der Waals surface area (Å²) in [5.74, 6) is -1.08. The Labute approximate surface area is 95.9 Å². The molecule has 1 rings (SSSR count). The van der Waals surface area contributed by atoms with Crippen molar-refractivity contribution in [2.45, 2.75) is 0 Å². The van der Waals surface area contributed by atoms with Gasteiger partial charge >= 0.3 is 11.7 Å². The number of carboxylic acids is 1. The second-order valence-electron chi connectivity index (χ2n) is 2.93. The zero-order valence-corrected chi connectivity index (χ0v) is 8.87. The van der Waals surface area contributed by atoms with Crippen LogP contribution in [-0.4, -0.2) is 29.7 Å². The van der Waals surface area contributed by atoms with Crippen molar-refractivity contribution in [3.05, 3.63) is 28.3 Å². The second kappa shape index (κ2) is 5.66. The molecule has 0 spiro atoms. The lowest BCUT2D eigenvalue weighted by Crippen LogP contribution is -2.11. The quantitative estimate of drug-likeness (QED) is 0.566. The number of methoxy groups -OCH3 is 1. The minimum Gasteiger partial charge on any atom is -0.490 e. The van der Waals surface area contributed by atoms with E-state index in [0.717, 1.165) is 0 Å². The van der Waals surface area contributed by atoms with Crippen molar-refractivity contribution in [3.8, 4) is 5.75 Å². The van der Waals surface area contributed by atoms with E-state index < -0.39 is 17.5 Å². The third-order valence-corrected chi connectivity index (χ3v) is 1.76. The molecule has 0 aliphatic rings. The largest absolute Gasteiger partial charge is 0.490 e. The van der Waals surface area contributed by atoms with Crippen LogP contribution in [0.25, 0.3) is 0 Å². The molecule has 17 heavy (non-hydrogen) atoms. The summed E-state index contributed by atoms with van der Waals surface area (Å²) >= 11 is 0. The number of nitrogens with zero attached hydrogens (tertiary/aromatic N) is 1. The first-order valence-electron chi connectivity index (χ1n) is 4.46. The molecule has 2 N–H and O–H groups in total. The van der Waals surface area contributed by atoms with Crippen LogP contribution in [0, 0.1) is 10.1 Å². The van der Waals surface area contributed by atoms with Crippen LogP contribution < -0.4 is 10.2 Å². The fraction of sp³-hybridized carbons (Fsp3) is 0.222. The summed E-state index contributed by atoms with van der Waals surface area (Å²) in [6, 6.07) is 3.94. The van der Waals surface area contributed by atoms with E-state index in [1.165, 1.54) is 25.3 Å². The number of nitrogens with one attached hydrogen (secondary N) is 1. The number of nitro benzene ring substituents is 1. The van der Waals surface area contributed by atoms with Gasteiger partial charge in [-0.15, -0.1) is 0 Å². The molecule has 0 amide bonds. The summed E-state index contributed by atoms with van der Waals surface area (Å²) < 4.78 is 4.82. The Morgan fingerprint density at radius 3 is 2.82 bits per heavy atom. The molecule has 0 aromatic heterocycles. The Morgan fingerprint density at radius 2 is 2.29 bits per heavy atom. The van der Waals surface area contributed by atoms with Crippen LogP contribution >= 0.6 is 0 Å². The topological polar surface area (TPSA) is 111 Å². The number of rotatable bonds is 6. The zero-order valence-electron chi connectivity index (χ0n) is 8.87. The first kappa shape index (κ1) is 12.7. The lowest BCUT2D eigenvalue weighted by atomic mass is 10.2. The fourth-order valence-corrected chi connectivity index (χ4v) is 1.07. The number of carbonyl (C=O) groups is 1. The molecular weight excluding hydrogens is 232 g/mol. The minimum atomic E-state index is -1.13. The van der Waals surface area contributed by atoms with E-state index in [9.17, 15) is 14.9 Å². The minimum absolute atomic E-state index is 0.0546. The van der Waals surface area contributed by atoms with Gasteiger partial charge in [0.15, 0.2) is 12.4 Å². The Balaban J connectivity index is 2.75. The maximum absolute atomic E-state index is 10.6. The SMILES string of the molecule is COc1cc(NOCC(=O)O)ccc1[N+](=O)[O-]. The smallest absolute Gasteiger partial charge is 0.332 e. The highest BCUT2D eigenvalue weighted by atomic mass is 16.7. The van der Waals surface area contributed by atoms with Crippen molar-refractivity contribution < 1.29 is 24.4 Å². The van der Waals surface area contributed by atoms with Crippen LogP contribution in [0.2, 0.25) is 0 Å². The predicted octanol–water partition coefficient (Wildman–Crippen LogP) is 1.03. The highest BCUT2D eigenvalue weighted by molar-refractivity contribution is 5.68. The highest BCUT2D eigenvalue weighted by Crippen LogP contribution is 2.29. The molecule has 0 aliphatic heterocycles. The van der Waals surface area contributed by atoms with Gasteiger partial charge in [0.2, 0.25) is 0 Å². The Hall–Kier alpha value is -2.35. The van der Waals surface area contributed by atoms with Crippen LogP contribution in [0.15, 0.2) is 18.2 Å². The van der Waals surface area contributed by atoms with E-state index >= 15 is 0 Å². The van der Waals surface area contributed by atoms with Crippen LogP contribution in [0.4, 0.5) is 11.4 Å². The van der Waals surface area contributed by atoms with Gasteiger partial charge in [0, 0.05) is 12.1 Å². The molecule has 92 valence electrons. The van der Waals surface area contributed by atoms with E-state index in [4.69, 9.17) is 9.84 Å². The maximum atomic E-state index is 10.6. The van der Waals surface area contributed by atoms with Crippen molar-refractivity contribution in [2.24, 2.45) is 0 Å². The average Bonchev–Trinajstić information content (AvgIpc) is 2.28. The van der Waals surface area contributed by atoms with E-state index in [-0.39, 0.29) is 11.4 Å². The summed E-state index contributed by atoms with van der Waals surface area (Å²) in [6.45, 7) is -0.528. The molecular formula is C9H10N2O6. The Morgan fingerprint density at radius 1 is 1.59 bits per heavy atom. The number of nitro groups is 1. The standard InChI is InChI=1S/C9H10N2O6/c1-16-8-4-6(10-17-5-9(12)13)2-3-7(8)11(14)15/h2-4,10H,5H2,1H3,(H,12,13). The number of ether oxygens (including phenoxy) is 1. The zero-order chi connectivity index (χ0) is 12.8. The van der Waals surface area contributed by atoms with Crippen molar-refractivity contribution in [3.63, 3.8) is 0 Å². The normalized spacial score (nSPS) is 9.71. The third-order valence-electron chi connectivity index (χ3n) is 1.76. The molecule has 0 heterocycles. The van der Waals surface area contributed by atoms with Crippen molar-refractivity contribution >= 4 is 17.3 Å². The monoisotopic (exact) mass is 242 g/mol. The molecule has 0 unspecified atom stereocenters. The average molecular weight is 242 g/mol. The van der Waals surface area contributed by atoms with Crippen molar-refractivity contribution in [2.75, 3.05) is 19.2 Å². The second-order valence-corrected chi connectivity index (χ2v) is 2.93. The molecule has 0 saturated carbocycles. The van der Waals surface area contributed by atoms with Crippen LogP contribution in [-0.2, 0) is 9.63 Å². The number of benzene rings is 1. The molecule has 0 bridgehead atoms. The van der Waals surface area contributed by atoms with Gasteiger partial charge in [-0.05, 0) is 6.07 Å². The Kier molecular flexibility index (Phi) is 4.23. The first-order valence-corrected chi connectivity index (χ1v) is 4.46. The van der Waals surface area contributed by atoms with Crippen LogP contribution in [0.3, 0.4) is 0 Å². The van der Waals surface area contributed by atoms with Gasteiger partial charge in [-0.3, -0.25) is 20.4 Å². The number of carboxylic acid groups (broad SMARTS) is 1. The maximum Gasteiger partial charge on any atom is 0.332 e. The number of aliphatic carboxylic acids is 1. The van der Waals surface area contributed by atoms with E-state index in [0.29, 0.717) is 5.69 Å². The first-order chi connectivity index (χ1) is 8.04. The summed E-state index contributed by atoms with van der Waals surface area (Å²) in [5, 5.41) is 18.9. The molecule has 0 fully saturated rings. The van der Waals surface area contributed by atoms with Gasteiger partial charge in [-0.1, -0.05) is 0 Å². The number of anilines is 1. The lowest BCUT2D eigenvalue weighted by Gasteiger charge is -2.07. The van der Waals surface area contributed by atoms with Gasteiger partial charge in [0.25, 0.3) is 0 Å².